The quantitative estimate of drug-likeness (QED) is 0.705. The normalized spacial score (nSPS) is 11.2. The largest absolute Gasteiger partial charge is 0.496 e. The van der Waals surface area contributed by atoms with Crippen molar-refractivity contribution in [3.63, 3.8) is 0 Å². The molecule has 0 aliphatic carbocycles. The number of nitrogens with zero attached hydrogens (tertiary/aromatic N) is 1. The first kappa shape index (κ1) is 16.4. The monoisotopic (exact) mass is 338 g/mol. The Bertz CT molecular complexity index is 890. The highest BCUT2D eigenvalue weighted by atomic mass is 19.1. The van der Waals surface area contributed by atoms with Crippen molar-refractivity contribution in [1.29, 1.82) is 0 Å². The lowest BCUT2D eigenvalue weighted by Crippen LogP contribution is -2.12. The van der Waals surface area contributed by atoms with Crippen molar-refractivity contribution < 1.29 is 18.3 Å². The molecule has 0 aliphatic rings. The van der Waals surface area contributed by atoms with Crippen LogP contribution in [0.3, 0.4) is 0 Å². The maximum absolute atomic E-state index is 14.0. The average Bonchev–Trinajstić information content (AvgIpc) is 3.16. The van der Waals surface area contributed by atoms with Crippen LogP contribution in [0.5, 0.6) is 5.75 Å². The molecule has 126 valence electrons. The Morgan fingerprint density at radius 1 is 1.24 bits per heavy atom. The van der Waals surface area contributed by atoms with Crippen LogP contribution >= 0.6 is 0 Å². The van der Waals surface area contributed by atoms with Crippen LogP contribution in [0.1, 0.15) is 5.56 Å². The van der Waals surface area contributed by atoms with Crippen molar-refractivity contribution in [2.45, 2.75) is 0 Å². The van der Waals surface area contributed by atoms with Crippen LogP contribution in [0.25, 0.3) is 17.4 Å². The number of carbonyl (C=O) groups is 1. The van der Waals surface area contributed by atoms with E-state index in [4.69, 9.17) is 9.15 Å². The minimum absolute atomic E-state index is 0.404. The molecule has 25 heavy (non-hydrogen) atoms. The van der Waals surface area contributed by atoms with Crippen molar-refractivity contribution in [2.24, 2.45) is 0 Å². The van der Waals surface area contributed by atoms with E-state index in [1.54, 1.807) is 48.7 Å². The summed E-state index contributed by atoms with van der Waals surface area (Å²) in [7, 11) is 1.50. The summed E-state index contributed by atoms with van der Waals surface area (Å²) in [4.78, 5) is 15.9. The van der Waals surface area contributed by atoms with Crippen molar-refractivity contribution >= 4 is 17.7 Å². The fraction of sp³-hybridized carbons (Fsp3) is 0.0526. The number of amides is 1. The molecule has 1 N–H and O–H groups in total. The molecule has 0 saturated carbocycles. The molecule has 1 aromatic heterocycles. The molecule has 0 unspecified atom stereocenters. The molecule has 1 heterocycles. The molecule has 0 aliphatic heterocycles. The molecule has 3 aromatic rings. The molecule has 1 amide bonds. The number of halogens is 1. The maximum atomic E-state index is 14.0. The van der Waals surface area contributed by atoms with Gasteiger partial charge in [0.05, 0.1) is 18.9 Å². The van der Waals surface area contributed by atoms with Crippen LogP contribution in [0.15, 0.2) is 71.4 Å². The number of hydrogen-bond donors (Lipinski definition) is 1. The van der Waals surface area contributed by atoms with Crippen molar-refractivity contribution in [3.8, 4) is 17.1 Å². The SMILES string of the molecule is COc1cc(NC(=O)/C(F)=C/c2ccccc2)ccc1-c1cnco1. The number of anilines is 1. The second kappa shape index (κ2) is 7.44. The van der Waals surface area contributed by atoms with Gasteiger partial charge in [-0.25, -0.2) is 9.37 Å². The zero-order valence-corrected chi connectivity index (χ0v) is 13.4. The van der Waals surface area contributed by atoms with Gasteiger partial charge in [-0.15, -0.1) is 0 Å². The van der Waals surface area contributed by atoms with Gasteiger partial charge in [0.15, 0.2) is 18.0 Å². The van der Waals surface area contributed by atoms with Gasteiger partial charge in [-0.2, -0.15) is 0 Å². The molecule has 0 fully saturated rings. The molecule has 0 saturated heterocycles. The number of rotatable bonds is 5. The molecule has 0 atom stereocenters. The second-order valence-corrected chi connectivity index (χ2v) is 5.14. The summed E-state index contributed by atoms with van der Waals surface area (Å²) in [6, 6.07) is 13.7. The fourth-order valence-corrected chi connectivity index (χ4v) is 2.27. The zero-order valence-electron chi connectivity index (χ0n) is 13.4. The number of ether oxygens (including phenoxy) is 1. The summed E-state index contributed by atoms with van der Waals surface area (Å²) in [5, 5.41) is 2.50. The first-order valence-corrected chi connectivity index (χ1v) is 7.48. The lowest BCUT2D eigenvalue weighted by Gasteiger charge is -2.09. The Hall–Kier alpha value is -3.41. The van der Waals surface area contributed by atoms with Crippen molar-refractivity contribution in [2.75, 3.05) is 12.4 Å². The van der Waals surface area contributed by atoms with Gasteiger partial charge in [-0.3, -0.25) is 4.79 Å². The number of oxazole rings is 1. The van der Waals surface area contributed by atoms with Gasteiger partial charge in [0.2, 0.25) is 0 Å². The highest BCUT2D eigenvalue weighted by Gasteiger charge is 2.13. The predicted molar refractivity (Wildman–Crippen MR) is 92.6 cm³/mol. The Morgan fingerprint density at radius 2 is 2.04 bits per heavy atom. The summed E-state index contributed by atoms with van der Waals surface area (Å²) >= 11 is 0. The van der Waals surface area contributed by atoms with Crippen LogP contribution in [-0.4, -0.2) is 18.0 Å². The number of nitrogens with one attached hydrogen (secondary N) is 1. The van der Waals surface area contributed by atoms with E-state index in [-0.39, 0.29) is 0 Å². The third-order valence-electron chi connectivity index (χ3n) is 3.47. The van der Waals surface area contributed by atoms with Gasteiger partial charge in [0.25, 0.3) is 5.91 Å². The van der Waals surface area contributed by atoms with Crippen LogP contribution in [0, 0.1) is 0 Å². The Kier molecular flexibility index (Phi) is 4.89. The Balaban J connectivity index is 1.78. The summed E-state index contributed by atoms with van der Waals surface area (Å²) in [6.07, 6.45) is 4.04. The number of hydrogen-bond acceptors (Lipinski definition) is 4. The van der Waals surface area contributed by atoms with Crippen molar-refractivity contribution in [3.05, 3.63) is 72.5 Å². The molecule has 2 aromatic carbocycles. The van der Waals surface area contributed by atoms with Crippen LogP contribution in [-0.2, 0) is 4.79 Å². The number of methoxy groups -OCH3 is 1. The highest BCUT2D eigenvalue weighted by Crippen LogP contribution is 2.32. The zero-order chi connectivity index (χ0) is 17.6. The van der Waals surface area contributed by atoms with E-state index in [0.717, 1.165) is 0 Å². The summed E-state index contributed by atoms with van der Waals surface area (Å²) < 4.78 is 24.6. The predicted octanol–water partition coefficient (Wildman–Crippen LogP) is 4.30. The molecular formula is C19H15FN2O3. The smallest absolute Gasteiger partial charge is 0.284 e. The van der Waals surface area contributed by atoms with E-state index in [9.17, 15) is 9.18 Å². The lowest BCUT2D eigenvalue weighted by molar-refractivity contribution is -0.114. The highest BCUT2D eigenvalue weighted by molar-refractivity contribution is 6.05. The van der Waals surface area contributed by atoms with Gasteiger partial charge in [-0.05, 0) is 23.8 Å². The minimum atomic E-state index is -0.885. The lowest BCUT2D eigenvalue weighted by atomic mass is 10.1. The van der Waals surface area contributed by atoms with Gasteiger partial charge < -0.3 is 14.5 Å². The van der Waals surface area contributed by atoms with Crippen LogP contribution < -0.4 is 10.1 Å². The standard InChI is InChI=1S/C19H15FN2O3/c1-24-17-10-14(7-8-15(17)18-11-21-12-25-18)22-19(23)16(20)9-13-5-3-2-4-6-13/h2-12H,1H3,(H,22,23)/b16-9-. The molecule has 5 nitrogen and oxygen atoms in total. The van der Waals surface area contributed by atoms with E-state index >= 15 is 0 Å². The van der Waals surface area contributed by atoms with Crippen LogP contribution in [0.4, 0.5) is 10.1 Å². The van der Waals surface area contributed by atoms with Gasteiger partial charge in [0.1, 0.15) is 5.75 Å². The van der Waals surface area contributed by atoms with E-state index < -0.39 is 11.7 Å². The molecule has 0 bridgehead atoms. The molecule has 3 rings (SSSR count). The number of aromatic nitrogens is 1. The fourth-order valence-electron chi connectivity index (χ4n) is 2.27. The van der Waals surface area contributed by atoms with E-state index in [2.05, 4.69) is 10.3 Å². The first-order chi connectivity index (χ1) is 12.2. The first-order valence-electron chi connectivity index (χ1n) is 7.48. The minimum Gasteiger partial charge on any atom is -0.496 e. The summed E-state index contributed by atoms with van der Waals surface area (Å²) in [5.74, 6) is -0.713. The molecule has 0 radical (unpaired) electrons. The van der Waals surface area contributed by atoms with Gasteiger partial charge >= 0.3 is 0 Å². The summed E-state index contributed by atoms with van der Waals surface area (Å²) in [5.41, 5.74) is 1.69. The molecule has 0 spiro atoms. The number of carbonyl (C=O) groups excluding carboxylic acids is 1. The van der Waals surface area contributed by atoms with Crippen molar-refractivity contribution in [1.82, 2.24) is 4.98 Å². The molecule has 6 heteroatoms. The average molecular weight is 338 g/mol. The number of benzene rings is 2. The topological polar surface area (TPSA) is 64.4 Å². The third kappa shape index (κ3) is 3.92. The van der Waals surface area contributed by atoms with Gasteiger partial charge in [-0.1, -0.05) is 30.3 Å². The summed E-state index contributed by atoms with van der Waals surface area (Å²) in [6.45, 7) is 0. The van der Waals surface area contributed by atoms with Crippen LogP contribution in [0.2, 0.25) is 0 Å². The third-order valence-corrected chi connectivity index (χ3v) is 3.47. The maximum Gasteiger partial charge on any atom is 0.284 e. The van der Waals surface area contributed by atoms with Gasteiger partial charge in [0, 0.05) is 11.8 Å². The second-order valence-electron chi connectivity index (χ2n) is 5.14. The Labute approximate surface area is 143 Å². The van der Waals surface area contributed by atoms with E-state index in [1.165, 1.54) is 19.6 Å². The van der Waals surface area contributed by atoms with E-state index in [1.807, 2.05) is 6.07 Å². The van der Waals surface area contributed by atoms with E-state index in [0.29, 0.717) is 28.3 Å². The Morgan fingerprint density at radius 3 is 2.72 bits per heavy atom. The molecular weight excluding hydrogens is 323 g/mol.